The fraction of sp³-hybridized carbons (Fsp3) is 0.176. The number of hydrogen-bond acceptors (Lipinski definition) is 3. The van der Waals surface area contributed by atoms with Crippen LogP contribution in [0.15, 0.2) is 42.5 Å². The molecule has 1 aromatic heterocycles. The van der Waals surface area contributed by atoms with Gasteiger partial charge in [-0.2, -0.15) is 0 Å². The van der Waals surface area contributed by atoms with E-state index in [1.807, 2.05) is 38.1 Å². The molecule has 0 spiro atoms. The Morgan fingerprint density at radius 1 is 0.905 bits per heavy atom. The smallest absolute Gasteiger partial charge is 0.225 e. The van der Waals surface area contributed by atoms with Gasteiger partial charge in [0.1, 0.15) is 5.82 Å². The quantitative estimate of drug-likeness (QED) is 0.715. The maximum absolute atomic E-state index is 13.0. The van der Waals surface area contributed by atoms with Crippen molar-refractivity contribution in [3.05, 3.63) is 54.0 Å². The zero-order valence-electron chi connectivity index (χ0n) is 12.3. The molecule has 0 radical (unpaired) electrons. The molecule has 3 nitrogen and oxygen atoms in total. The highest BCUT2D eigenvalue weighted by molar-refractivity contribution is 5.86. The molecule has 4 heteroatoms. The van der Waals surface area contributed by atoms with Gasteiger partial charge >= 0.3 is 0 Å². The van der Waals surface area contributed by atoms with Gasteiger partial charge in [-0.25, -0.2) is 14.4 Å². The summed E-state index contributed by atoms with van der Waals surface area (Å²) in [5.41, 5.74) is 3.87. The van der Waals surface area contributed by atoms with Crippen molar-refractivity contribution in [3.8, 4) is 11.1 Å². The van der Waals surface area contributed by atoms with Gasteiger partial charge in [0, 0.05) is 19.5 Å². The highest BCUT2D eigenvalue weighted by Gasteiger charge is 2.08. The van der Waals surface area contributed by atoms with Crippen LogP contribution < -0.4 is 4.90 Å². The Morgan fingerprint density at radius 3 is 2.24 bits per heavy atom. The largest absolute Gasteiger partial charge is 0.347 e. The van der Waals surface area contributed by atoms with Gasteiger partial charge in [-0.05, 0) is 42.3 Å². The maximum atomic E-state index is 13.0. The van der Waals surface area contributed by atoms with E-state index in [0.717, 1.165) is 27.7 Å². The standard InChI is InChI=1S/C17H16FN3/c1-11-15-10-13(12-4-7-14(18)8-5-12)6-9-16(15)20-17(19-11)21(2)3/h4-10H,1-3H3. The number of rotatable bonds is 2. The van der Waals surface area contributed by atoms with Gasteiger partial charge in [0.25, 0.3) is 0 Å². The zero-order valence-corrected chi connectivity index (χ0v) is 12.3. The van der Waals surface area contributed by atoms with Crippen LogP contribution in [0.3, 0.4) is 0 Å². The van der Waals surface area contributed by atoms with E-state index in [2.05, 4.69) is 16.0 Å². The van der Waals surface area contributed by atoms with Gasteiger partial charge in [0.05, 0.1) is 11.2 Å². The zero-order chi connectivity index (χ0) is 15.0. The first-order valence-electron chi connectivity index (χ1n) is 6.76. The molecule has 106 valence electrons. The minimum absolute atomic E-state index is 0.227. The minimum atomic E-state index is -0.227. The summed E-state index contributed by atoms with van der Waals surface area (Å²) >= 11 is 0. The third-order valence-corrected chi connectivity index (χ3v) is 3.45. The number of aromatic nitrogens is 2. The van der Waals surface area contributed by atoms with Crippen molar-refractivity contribution in [2.45, 2.75) is 6.92 Å². The van der Waals surface area contributed by atoms with Gasteiger partial charge in [-0.3, -0.25) is 0 Å². The molecule has 0 saturated carbocycles. The normalized spacial score (nSPS) is 10.9. The number of halogens is 1. The predicted octanol–water partition coefficient (Wildman–Crippen LogP) is 3.81. The van der Waals surface area contributed by atoms with Crippen molar-refractivity contribution in [2.24, 2.45) is 0 Å². The molecule has 0 saturated heterocycles. The molecule has 0 bridgehead atoms. The fourth-order valence-electron chi connectivity index (χ4n) is 2.29. The fourth-order valence-corrected chi connectivity index (χ4v) is 2.29. The summed E-state index contributed by atoms with van der Waals surface area (Å²) in [4.78, 5) is 10.9. The van der Waals surface area contributed by atoms with Crippen LogP contribution in [0.4, 0.5) is 10.3 Å². The van der Waals surface area contributed by atoms with Crippen LogP contribution in [0.25, 0.3) is 22.0 Å². The molecule has 3 rings (SSSR count). The topological polar surface area (TPSA) is 29.0 Å². The first-order chi connectivity index (χ1) is 10.0. The molecule has 0 aliphatic heterocycles. The van der Waals surface area contributed by atoms with E-state index in [1.165, 1.54) is 12.1 Å². The molecule has 0 atom stereocenters. The SMILES string of the molecule is Cc1nc(N(C)C)nc2ccc(-c3ccc(F)cc3)cc12. The van der Waals surface area contributed by atoms with Crippen molar-refractivity contribution in [1.29, 1.82) is 0 Å². The number of fused-ring (bicyclic) bond motifs is 1. The van der Waals surface area contributed by atoms with Crippen molar-refractivity contribution < 1.29 is 4.39 Å². The van der Waals surface area contributed by atoms with Crippen molar-refractivity contribution in [3.63, 3.8) is 0 Å². The summed E-state index contributed by atoms with van der Waals surface area (Å²) in [5, 5.41) is 1.02. The van der Waals surface area contributed by atoms with Crippen LogP contribution in [-0.2, 0) is 0 Å². The van der Waals surface area contributed by atoms with Gasteiger partial charge in [-0.1, -0.05) is 18.2 Å². The van der Waals surface area contributed by atoms with Crippen molar-refractivity contribution in [1.82, 2.24) is 9.97 Å². The lowest BCUT2D eigenvalue weighted by Gasteiger charge is -2.13. The van der Waals surface area contributed by atoms with E-state index in [-0.39, 0.29) is 5.82 Å². The average Bonchev–Trinajstić information content (AvgIpc) is 2.47. The highest BCUT2D eigenvalue weighted by atomic mass is 19.1. The summed E-state index contributed by atoms with van der Waals surface area (Å²) in [6, 6.07) is 12.5. The molecule has 0 aliphatic rings. The summed E-state index contributed by atoms with van der Waals surface area (Å²) in [5.74, 6) is 0.476. The lowest BCUT2D eigenvalue weighted by atomic mass is 10.0. The lowest BCUT2D eigenvalue weighted by Crippen LogP contribution is -2.13. The molecular weight excluding hydrogens is 265 g/mol. The first kappa shape index (κ1) is 13.5. The number of hydrogen-bond donors (Lipinski definition) is 0. The first-order valence-corrected chi connectivity index (χ1v) is 6.76. The van der Waals surface area contributed by atoms with Crippen LogP contribution in [0.2, 0.25) is 0 Å². The van der Waals surface area contributed by atoms with E-state index in [9.17, 15) is 4.39 Å². The Bertz CT molecular complexity index is 795. The second-order valence-electron chi connectivity index (χ2n) is 5.24. The monoisotopic (exact) mass is 281 g/mol. The molecule has 3 aromatic rings. The van der Waals surface area contributed by atoms with E-state index < -0.39 is 0 Å². The average molecular weight is 281 g/mol. The third-order valence-electron chi connectivity index (χ3n) is 3.45. The van der Waals surface area contributed by atoms with E-state index >= 15 is 0 Å². The Hall–Kier alpha value is -2.49. The van der Waals surface area contributed by atoms with Gasteiger partial charge in [0.2, 0.25) is 5.95 Å². The Labute approximate surface area is 123 Å². The maximum Gasteiger partial charge on any atom is 0.225 e. The van der Waals surface area contributed by atoms with Gasteiger partial charge in [-0.15, -0.1) is 0 Å². The van der Waals surface area contributed by atoms with Crippen molar-refractivity contribution in [2.75, 3.05) is 19.0 Å². The molecule has 2 aromatic carbocycles. The third kappa shape index (κ3) is 2.57. The van der Waals surface area contributed by atoms with Crippen LogP contribution in [-0.4, -0.2) is 24.1 Å². The Balaban J connectivity index is 2.14. The molecule has 0 N–H and O–H groups in total. The molecule has 1 heterocycles. The minimum Gasteiger partial charge on any atom is -0.347 e. The lowest BCUT2D eigenvalue weighted by molar-refractivity contribution is 0.628. The number of aryl methyl sites for hydroxylation is 1. The van der Waals surface area contributed by atoms with E-state index in [1.54, 1.807) is 12.1 Å². The van der Waals surface area contributed by atoms with E-state index in [4.69, 9.17) is 0 Å². The van der Waals surface area contributed by atoms with Gasteiger partial charge in [0.15, 0.2) is 0 Å². The Kier molecular flexibility index (Phi) is 3.29. The number of nitrogens with zero attached hydrogens (tertiary/aromatic N) is 3. The second kappa shape index (κ2) is 5.13. The summed E-state index contributed by atoms with van der Waals surface area (Å²) in [6.07, 6.45) is 0. The summed E-state index contributed by atoms with van der Waals surface area (Å²) in [7, 11) is 3.85. The van der Waals surface area contributed by atoms with Crippen LogP contribution in [0.1, 0.15) is 5.69 Å². The Morgan fingerprint density at radius 2 is 1.57 bits per heavy atom. The van der Waals surface area contributed by atoms with Crippen LogP contribution >= 0.6 is 0 Å². The van der Waals surface area contributed by atoms with Crippen LogP contribution in [0, 0.1) is 12.7 Å². The molecular formula is C17H16FN3. The summed E-state index contributed by atoms with van der Waals surface area (Å²) in [6.45, 7) is 1.98. The number of anilines is 1. The molecule has 0 amide bonds. The van der Waals surface area contributed by atoms with Gasteiger partial charge < -0.3 is 4.90 Å². The highest BCUT2D eigenvalue weighted by Crippen LogP contribution is 2.26. The predicted molar refractivity (Wildman–Crippen MR) is 84.0 cm³/mol. The molecule has 0 fully saturated rings. The molecule has 0 unspecified atom stereocenters. The van der Waals surface area contributed by atoms with E-state index in [0.29, 0.717) is 5.95 Å². The van der Waals surface area contributed by atoms with Crippen LogP contribution in [0.5, 0.6) is 0 Å². The molecule has 21 heavy (non-hydrogen) atoms. The second-order valence-corrected chi connectivity index (χ2v) is 5.24. The molecule has 0 aliphatic carbocycles. The summed E-state index contributed by atoms with van der Waals surface area (Å²) < 4.78 is 13.0. The van der Waals surface area contributed by atoms with Crippen molar-refractivity contribution >= 4 is 16.9 Å². The number of benzene rings is 2.